The number of aliphatic imine (C=N–C) groups is 1. The van der Waals surface area contributed by atoms with Gasteiger partial charge in [-0.3, -0.25) is 4.99 Å². The Labute approximate surface area is 296 Å². The van der Waals surface area contributed by atoms with Crippen LogP contribution in [0.15, 0.2) is 175 Å². The van der Waals surface area contributed by atoms with E-state index in [-0.39, 0.29) is 0 Å². The standard InChI is InChI=1S/C47H32N4/c1-48-42-16-8-10-18-46(42)50-30-36-27-35-11-5-7-15-41(35)49-47(36)40-29-34(23-25-43(40)50)32-21-19-31(20-22-32)33-24-26-45-39(28-33)38-14-6-9-17-44(38)51(45)37-12-3-2-4-13-37/h2-29H,1,30H2. The first-order valence-corrected chi connectivity index (χ1v) is 17.3. The number of hydrogen-bond donors (Lipinski definition) is 0. The molecule has 9 aromatic rings. The van der Waals surface area contributed by atoms with Crippen molar-refractivity contribution in [3.05, 3.63) is 175 Å². The Hall–Kier alpha value is -6.78. The van der Waals surface area contributed by atoms with E-state index in [9.17, 15) is 0 Å². The van der Waals surface area contributed by atoms with E-state index >= 15 is 0 Å². The molecule has 51 heavy (non-hydrogen) atoms. The zero-order valence-corrected chi connectivity index (χ0v) is 27.9. The summed E-state index contributed by atoms with van der Waals surface area (Å²) < 4.78 is 2.36. The Kier molecular flexibility index (Phi) is 6.68. The second-order valence-corrected chi connectivity index (χ2v) is 13.2. The lowest BCUT2D eigenvalue weighted by Gasteiger charge is -2.33. The van der Waals surface area contributed by atoms with E-state index in [1.54, 1.807) is 0 Å². The molecule has 1 aliphatic heterocycles. The molecule has 0 atom stereocenters. The molecule has 0 saturated heterocycles. The van der Waals surface area contributed by atoms with E-state index in [0.29, 0.717) is 6.54 Å². The van der Waals surface area contributed by atoms with Crippen molar-refractivity contribution in [2.75, 3.05) is 4.90 Å². The predicted octanol–water partition coefficient (Wildman–Crippen LogP) is 12.3. The first-order valence-electron chi connectivity index (χ1n) is 17.3. The Morgan fingerprint density at radius 2 is 1.20 bits per heavy atom. The van der Waals surface area contributed by atoms with Gasteiger partial charge in [-0.25, -0.2) is 4.98 Å². The summed E-state index contributed by atoms with van der Waals surface area (Å²) in [7, 11) is 0. The number of aromatic nitrogens is 2. The first-order chi connectivity index (χ1) is 25.2. The highest BCUT2D eigenvalue weighted by molar-refractivity contribution is 6.10. The molecular weight excluding hydrogens is 621 g/mol. The Balaban J connectivity index is 1.06. The maximum atomic E-state index is 5.22. The number of anilines is 2. The van der Waals surface area contributed by atoms with Gasteiger partial charge in [-0.05, 0) is 101 Å². The van der Waals surface area contributed by atoms with Crippen LogP contribution in [-0.4, -0.2) is 16.3 Å². The zero-order chi connectivity index (χ0) is 33.9. The highest BCUT2D eigenvalue weighted by atomic mass is 15.2. The third kappa shape index (κ3) is 4.76. The molecule has 0 radical (unpaired) electrons. The summed E-state index contributed by atoms with van der Waals surface area (Å²) >= 11 is 0. The number of benzene rings is 7. The first kappa shape index (κ1) is 29.2. The monoisotopic (exact) mass is 652 g/mol. The van der Waals surface area contributed by atoms with Crippen molar-refractivity contribution in [1.82, 2.24) is 9.55 Å². The molecule has 2 aromatic heterocycles. The van der Waals surface area contributed by atoms with Crippen molar-refractivity contribution in [2.45, 2.75) is 6.54 Å². The normalized spacial score (nSPS) is 12.3. The fourth-order valence-electron chi connectivity index (χ4n) is 7.81. The lowest BCUT2D eigenvalue weighted by atomic mass is 9.92. The van der Waals surface area contributed by atoms with Crippen LogP contribution in [0, 0.1) is 0 Å². The summed E-state index contributed by atoms with van der Waals surface area (Å²) in [6.07, 6.45) is 0. The largest absolute Gasteiger partial charge is 0.335 e. The van der Waals surface area contributed by atoms with E-state index in [1.807, 2.05) is 12.1 Å². The van der Waals surface area contributed by atoms with Gasteiger partial charge in [0.1, 0.15) is 0 Å². The number of fused-ring (bicyclic) bond motifs is 7. The van der Waals surface area contributed by atoms with E-state index in [2.05, 4.69) is 179 Å². The van der Waals surface area contributed by atoms with Gasteiger partial charge in [0.15, 0.2) is 0 Å². The van der Waals surface area contributed by atoms with Crippen molar-refractivity contribution in [1.29, 1.82) is 0 Å². The van der Waals surface area contributed by atoms with Crippen LogP contribution in [0.4, 0.5) is 17.1 Å². The fraction of sp³-hybridized carbons (Fsp3) is 0.0213. The van der Waals surface area contributed by atoms with Gasteiger partial charge in [0.25, 0.3) is 0 Å². The summed E-state index contributed by atoms with van der Waals surface area (Å²) in [5.74, 6) is 0. The summed E-state index contributed by atoms with van der Waals surface area (Å²) in [6, 6.07) is 60.7. The van der Waals surface area contributed by atoms with E-state index in [4.69, 9.17) is 4.98 Å². The van der Waals surface area contributed by atoms with Crippen LogP contribution in [0.3, 0.4) is 0 Å². The van der Waals surface area contributed by atoms with Crippen LogP contribution < -0.4 is 4.90 Å². The molecule has 10 rings (SSSR count). The fourth-order valence-corrected chi connectivity index (χ4v) is 7.81. The SMILES string of the molecule is C=Nc1ccccc1N1Cc2cc3ccccc3nc2-c2cc(-c3ccc(-c4ccc5c(c4)c4ccccc4n5-c4ccccc4)cc3)ccc21. The minimum absolute atomic E-state index is 0.703. The third-order valence-corrected chi connectivity index (χ3v) is 10.3. The van der Waals surface area contributed by atoms with Gasteiger partial charge in [-0.2, -0.15) is 0 Å². The molecule has 4 nitrogen and oxygen atoms in total. The minimum Gasteiger partial charge on any atom is -0.335 e. The number of nitrogens with zero attached hydrogens (tertiary/aromatic N) is 4. The molecule has 0 fully saturated rings. The van der Waals surface area contributed by atoms with Crippen molar-refractivity contribution in [3.8, 4) is 39.2 Å². The van der Waals surface area contributed by atoms with Gasteiger partial charge in [0.05, 0.1) is 45.9 Å². The molecule has 0 bridgehead atoms. The molecule has 4 heteroatoms. The number of pyridine rings is 1. The third-order valence-electron chi connectivity index (χ3n) is 10.3. The second kappa shape index (κ2) is 11.7. The molecule has 0 spiro atoms. The Morgan fingerprint density at radius 1 is 0.529 bits per heavy atom. The molecule has 0 amide bonds. The lowest BCUT2D eigenvalue weighted by Crippen LogP contribution is -2.22. The summed E-state index contributed by atoms with van der Waals surface area (Å²) in [6.45, 7) is 4.57. The van der Waals surface area contributed by atoms with Gasteiger partial charge in [-0.15, -0.1) is 0 Å². The highest BCUT2D eigenvalue weighted by Crippen LogP contribution is 2.46. The number of rotatable bonds is 5. The van der Waals surface area contributed by atoms with Crippen molar-refractivity contribution < 1.29 is 0 Å². The Bertz CT molecular complexity index is 2790. The maximum Gasteiger partial charge on any atom is 0.0859 e. The quantitative estimate of drug-likeness (QED) is 0.173. The highest BCUT2D eigenvalue weighted by Gasteiger charge is 2.27. The van der Waals surface area contributed by atoms with E-state index in [0.717, 1.165) is 50.3 Å². The topological polar surface area (TPSA) is 33.4 Å². The molecule has 1 aliphatic rings. The average Bonchev–Trinajstić information content (AvgIpc) is 3.54. The van der Waals surface area contributed by atoms with Crippen LogP contribution in [0.1, 0.15) is 5.56 Å². The maximum absolute atomic E-state index is 5.22. The van der Waals surface area contributed by atoms with Gasteiger partial charge >= 0.3 is 0 Å². The van der Waals surface area contributed by atoms with Crippen molar-refractivity contribution in [2.24, 2.45) is 4.99 Å². The van der Waals surface area contributed by atoms with Gasteiger partial charge in [0, 0.05) is 27.4 Å². The van der Waals surface area contributed by atoms with E-state index < -0.39 is 0 Å². The smallest absolute Gasteiger partial charge is 0.0859 e. The predicted molar refractivity (Wildman–Crippen MR) is 214 cm³/mol. The average molecular weight is 653 g/mol. The second-order valence-electron chi connectivity index (χ2n) is 13.2. The van der Waals surface area contributed by atoms with Gasteiger partial charge in [-0.1, -0.05) is 103 Å². The molecule has 0 saturated carbocycles. The van der Waals surface area contributed by atoms with Crippen LogP contribution in [0.25, 0.3) is 71.9 Å². The molecule has 3 heterocycles. The van der Waals surface area contributed by atoms with Crippen LogP contribution >= 0.6 is 0 Å². The minimum atomic E-state index is 0.703. The van der Waals surface area contributed by atoms with Crippen LogP contribution in [0.5, 0.6) is 0 Å². The molecular formula is C47H32N4. The summed E-state index contributed by atoms with van der Waals surface area (Å²) in [4.78, 5) is 11.9. The molecule has 0 unspecified atom stereocenters. The lowest BCUT2D eigenvalue weighted by molar-refractivity contribution is 0.953. The summed E-state index contributed by atoms with van der Waals surface area (Å²) in [5, 5.41) is 3.65. The molecule has 7 aromatic carbocycles. The number of para-hydroxylation sites is 5. The molecule has 240 valence electrons. The van der Waals surface area contributed by atoms with E-state index in [1.165, 1.54) is 44.2 Å². The zero-order valence-electron chi connectivity index (χ0n) is 27.9. The Morgan fingerprint density at radius 3 is 2.04 bits per heavy atom. The molecule has 0 N–H and O–H groups in total. The van der Waals surface area contributed by atoms with Crippen molar-refractivity contribution in [3.63, 3.8) is 0 Å². The summed E-state index contributed by atoms with van der Waals surface area (Å²) in [5.41, 5.74) is 15.6. The van der Waals surface area contributed by atoms with Crippen molar-refractivity contribution >= 4 is 56.5 Å². The van der Waals surface area contributed by atoms with Crippen LogP contribution in [0.2, 0.25) is 0 Å². The van der Waals surface area contributed by atoms with Gasteiger partial charge < -0.3 is 9.47 Å². The number of hydrogen-bond acceptors (Lipinski definition) is 3. The van der Waals surface area contributed by atoms with Gasteiger partial charge in [0.2, 0.25) is 0 Å². The molecule has 0 aliphatic carbocycles. The van der Waals surface area contributed by atoms with Crippen LogP contribution in [-0.2, 0) is 6.54 Å².